The number of anilines is 2. The lowest BCUT2D eigenvalue weighted by atomic mass is 9.98. The molecule has 42 heavy (non-hydrogen) atoms. The predicted molar refractivity (Wildman–Crippen MR) is 165 cm³/mol. The molecule has 0 fully saturated rings. The number of para-hydroxylation sites is 1. The zero-order valence-corrected chi connectivity index (χ0v) is 23.1. The van der Waals surface area contributed by atoms with Gasteiger partial charge in [-0.3, -0.25) is 0 Å². The summed E-state index contributed by atoms with van der Waals surface area (Å²) >= 11 is 0. The van der Waals surface area contributed by atoms with Crippen LogP contribution in [0, 0.1) is 22.7 Å². The monoisotopic (exact) mass is 548 g/mol. The summed E-state index contributed by atoms with van der Waals surface area (Å²) in [5.74, 6) is -0.464. The molecule has 5 rings (SSSR count). The maximum Gasteiger partial charge on any atom is 0.340 e. The van der Waals surface area contributed by atoms with Crippen LogP contribution >= 0.6 is 0 Å². The van der Waals surface area contributed by atoms with Gasteiger partial charge >= 0.3 is 5.97 Å². The number of carbonyl (C=O) groups is 1. The fourth-order valence-corrected chi connectivity index (χ4v) is 5.09. The smallest absolute Gasteiger partial charge is 0.340 e. The number of nitrogens with two attached hydrogens (primary N) is 1. The molecule has 0 bridgehead atoms. The van der Waals surface area contributed by atoms with Crippen LogP contribution in [0.1, 0.15) is 32.6 Å². The SMILES string of the molecule is COC(=O)c1cccc(N)c1N(Cc1ccc(-c2ccccc2C#N)cc1)Cc1ccc(-c2ccccc2C#N)cc1. The van der Waals surface area contributed by atoms with Gasteiger partial charge in [0.05, 0.1) is 47.3 Å². The number of nitrogens with zero attached hydrogens (tertiary/aromatic N) is 3. The highest BCUT2D eigenvalue weighted by molar-refractivity contribution is 5.99. The molecule has 0 unspecified atom stereocenters. The second-order valence-corrected chi connectivity index (χ2v) is 9.80. The molecule has 6 heteroatoms. The average molecular weight is 549 g/mol. The van der Waals surface area contributed by atoms with Crippen LogP contribution in [-0.4, -0.2) is 13.1 Å². The molecule has 0 aliphatic rings. The lowest BCUT2D eigenvalue weighted by Gasteiger charge is -2.28. The van der Waals surface area contributed by atoms with Gasteiger partial charge in [-0.25, -0.2) is 4.79 Å². The summed E-state index contributed by atoms with van der Waals surface area (Å²) in [4.78, 5) is 14.8. The van der Waals surface area contributed by atoms with E-state index < -0.39 is 5.97 Å². The van der Waals surface area contributed by atoms with Crippen LogP contribution in [0.15, 0.2) is 115 Å². The summed E-state index contributed by atoms with van der Waals surface area (Å²) in [6, 6.07) is 40.9. The minimum Gasteiger partial charge on any atom is -0.465 e. The Kier molecular flexibility index (Phi) is 8.28. The normalized spacial score (nSPS) is 10.4. The molecule has 2 N–H and O–H groups in total. The molecule has 0 aromatic heterocycles. The molecule has 5 aromatic carbocycles. The third-order valence-corrected chi connectivity index (χ3v) is 7.16. The van der Waals surface area contributed by atoms with Gasteiger partial charge in [-0.1, -0.05) is 91.0 Å². The zero-order chi connectivity index (χ0) is 29.5. The molecule has 0 aliphatic carbocycles. The Hall–Kier alpha value is -5.85. The van der Waals surface area contributed by atoms with E-state index in [0.717, 1.165) is 33.4 Å². The van der Waals surface area contributed by atoms with Crippen LogP contribution in [0.5, 0.6) is 0 Å². The highest BCUT2D eigenvalue weighted by atomic mass is 16.5. The van der Waals surface area contributed by atoms with Crippen LogP contribution in [0.4, 0.5) is 11.4 Å². The molecule has 0 saturated carbocycles. The second-order valence-electron chi connectivity index (χ2n) is 9.80. The Balaban J connectivity index is 1.49. The molecule has 6 nitrogen and oxygen atoms in total. The highest BCUT2D eigenvalue weighted by Crippen LogP contribution is 2.33. The number of ether oxygens (including phenoxy) is 1. The topological polar surface area (TPSA) is 103 Å². The maximum absolute atomic E-state index is 12.8. The largest absolute Gasteiger partial charge is 0.465 e. The first-order valence-corrected chi connectivity index (χ1v) is 13.4. The highest BCUT2D eigenvalue weighted by Gasteiger charge is 2.21. The molecule has 0 spiro atoms. The van der Waals surface area contributed by atoms with Gasteiger partial charge in [0.2, 0.25) is 0 Å². The van der Waals surface area contributed by atoms with Gasteiger partial charge < -0.3 is 15.4 Å². The van der Waals surface area contributed by atoms with Gasteiger partial charge in [-0.15, -0.1) is 0 Å². The first-order valence-electron chi connectivity index (χ1n) is 13.4. The van der Waals surface area contributed by atoms with E-state index in [4.69, 9.17) is 10.5 Å². The van der Waals surface area contributed by atoms with Crippen molar-refractivity contribution < 1.29 is 9.53 Å². The number of hydrogen-bond donors (Lipinski definition) is 1. The van der Waals surface area contributed by atoms with Crippen LogP contribution in [0.2, 0.25) is 0 Å². The Morgan fingerprint density at radius 1 is 0.690 bits per heavy atom. The first-order chi connectivity index (χ1) is 20.5. The summed E-state index contributed by atoms with van der Waals surface area (Å²) in [7, 11) is 1.36. The van der Waals surface area contributed by atoms with Crippen LogP contribution in [-0.2, 0) is 17.8 Å². The number of hydrogen-bond acceptors (Lipinski definition) is 6. The van der Waals surface area contributed by atoms with Gasteiger partial charge in [-0.2, -0.15) is 10.5 Å². The fraction of sp³-hybridized carbons (Fsp3) is 0.0833. The molecule has 0 atom stereocenters. The lowest BCUT2D eigenvalue weighted by molar-refractivity contribution is 0.0601. The number of rotatable bonds is 8. The third-order valence-electron chi connectivity index (χ3n) is 7.16. The molecule has 204 valence electrons. The van der Waals surface area contributed by atoms with Crippen LogP contribution in [0.3, 0.4) is 0 Å². The number of carbonyl (C=O) groups excluding carboxylic acids is 1. The van der Waals surface area contributed by atoms with E-state index in [9.17, 15) is 15.3 Å². The Bertz CT molecular complexity index is 1710. The minimum absolute atomic E-state index is 0.386. The lowest BCUT2D eigenvalue weighted by Crippen LogP contribution is -2.25. The predicted octanol–water partition coefficient (Wildman–Crippen LogP) is 7.34. The van der Waals surface area contributed by atoms with Crippen molar-refractivity contribution in [3.05, 3.63) is 143 Å². The van der Waals surface area contributed by atoms with Gasteiger partial charge in [0.15, 0.2) is 0 Å². The van der Waals surface area contributed by atoms with Crippen molar-refractivity contribution in [1.29, 1.82) is 10.5 Å². The minimum atomic E-state index is -0.464. The molecule has 0 saturated heterocycles. The van der Waals surface area contributed by atoms with Crippen LogP contribution in [0.25, 0.3) is 22.3 Å². The summed E-state index contributed by atoms with van der Waals surface area (Å²) in [5, 5.41) is 19.0. The van der Waals surface area contributed by atoms with Crippen LogP contribution < -0.4 is 10.6 Å². The van der Waals surface area contributed by atoms with Crippen molar-refractivity contribution in [2.75, 3.05) is 17.7 Å². The van der Waals surface area contributed by atoms with Gasteiger partial charge in [0, 0.05) is 13.1 Å². The Morgan fingerprint density at radius 3 is 1.62 bits per heavy atom. The maximum atomic E-state index is 12.8. The molecule has 0 radical (unpaired) electrons. The van der Waals surface area contributed by atoms with Gasteiger partial charge in [-0.05, 0) is 57.6 Å². The van der Waals surface area contributed by atoms with Crippen molar-refractivity contribution >= 4 is 17.3 Å². The van der Waals surface area contributed by atoms with Crippen molar-refractivity contribution in [3.8, 4) is 34.4 Å². The number of methoxy groups -OCH3 is 1. The summed E-state index contributed by atoms with van der Waals surface area (Å²) in [5.41, 5.74) is 14.8. The van der Waals surface area contributed by atoms with Gasteiger partial charge in [0.25, 0.3) is 0 Å². The molecule has 0 heterocycles. The van der Waals surface area contributed by atoms with Crippen molar-refractivity contribution in [2.45, 2.75) is 13.1 Å². The third kappa shape index (κ3) is 5.84. The van der Waals surface area contributed by atoms with Gasteiger partial charge in [0.1, 0.15) is 0 Å². The number of benzene rings is 5. The molecular weight excluding hydrogens is 520 g/mol. The van der Waals surface area contributed by atoms with E-state index in [2.05, 4.69) is 17.0 Å². The van der Waals surface area contributed by atoms with E-state index >= 15 is 0 Å². The fourth-order valence-electron chi connectivity index (χ4n) is 5.09. The average Bonchev–Trinajstić information content (AvgIpc) is 3.04. The van der Waals surface area contributed by atoms with E-state index in [1.54, 1.807) is 18.2 Å². The van der Waals surface area contributed by atoms with E-state index in [-0.39, 0.29) is 0 Å². The zero-order valence-electron chi connectivity index (χ0n) is 23.1. The standard InChI is InChI=1S/C36H28N4O2/c1-42-36(41)33-11-6-12-34(39)35(33)40(23-25-13-17-27(18-14-25)31-9-4-2-7-29(31)21-37)24-26-15-19-28(20-16-26)32-10-5-3-8-30(32)22-38/h2-20H,23-24,39H2,1H3. The molecule has 0 aliphatic heterocycles. The molecule has 5 aromatic rings. The van der Waals surface area contributed by atoms with E-state index in [1.165, 1.54) is 7.11 Å². The number of esters is 1. The number of nitrogen functional groups attached to an aromatic ring is 1. The van der Waals surface area contributed by atoms with Crippen molar-refractivity contribution in [1.82, 2.24) is 0 Å². The molecule has 0 amide bonds. The molecular formula is C36H28N4O2. The quantitative estimate of drug-likeness (QED) is 0.161. The van der Waals surface area contributed by atoms with E-state index in [1.807, 2.05) is 97.1 Å². The van der Waals surface area contributed by atoms with Crippen molar-refractivity contribution in [3.63, 3.8) is 0 Å². The summed E-state index contributed by atoms with van der Waals surface area (Å²) < 4.78 is 5.08. The Morgan fingerprint density at radius 2 is 1.17 bits per heavy atom. The summed E-state index contributed by atoms with van der Waals surface area (Å²) in [6.45, 7) is 0.939. The number of nitriles is 2. The van der Waals surface area contributed by atoms with E-state index in [0.29, 0.717) is 41.2 Å². The first kappa shape index (κ1) is 27.7. The summed E-state index contributed by atoms with van der Waals surface area (Å²) in [6.07, 6.45) is 0. The second kappa shape index (κ2) is 12.6. The van der Waals surface area contributed by atoms with Crippen molar-refractivity contribution in [2.24, 2.45) is 0 Å². The Labute approximate surface area is 245 Å².